The molecular formula is C14H11Cl2NOS. The molecule has 0 heterocycles. The third-order valence-corrected chi connectivity index (χ3v) is 3.27. The molecule has 0 aliphatic rings. The maximum atomic E-state index is 5.96. The average molecular weight is 312 g/mol. The van der Waals surface area contributed by atoms with Gasteiger partial charge in [0, 0.05) is 10.0 Å². The van der Waals surface area contributed by atoms with Crippen molar-refractivity contribution in [3.05, 3.63) is 57.6 Å². The number of nitrogens with two attached hydrogens (primary N) is 1. The fourth-order valence-corrected chi connectivity index (χ4v) is 2.08. The van der Waals surface area contributed by atoms with Gasteiger partial charge in [-0.2, -0.15) is 0 Å². The zero-order valence-corrected chi connectivity index (χ0v) is 12.4. The van der Waals surface area contributed by atoms with E-state index in [-0.39, 0.29) is 4.99 Å². The van der Waals surface area contributed by atoms with Crippen LogP contribution in [0.25, 0.3) is 0 Å². The Morgan fingerprint density at radius 3 is 2.37 bits per heavy atom. The normalized spacial score (nSPS) is 10.3. The summed E-state index contributed by atoms with van der Waals surface area (Å²) in [6.07, 6.45) is 0. The maximum Gasteiger partial charge on any atom is 0.137 e. The molecule has 2 aromatic carbocycles. The van der Waals surface area contributed by atoms with Crippen LogP contribution in [0.3, 0.4) is 0 Å². The van der Waals surface area contributed by atoms with E-state index in [1.807, 2.05) is 13.0 Å². The van der Waals surface area contributed by atoms with Crippen LogP contribution >= 0.6 is 35.4 Å². The molecule has 0 saturated carbocycles. The number of rotatable bonds is 3. The predicted octanol–water partition coefficient (Wildman–Crippen LogP) is 4.73. The minimum Gasteiger partial charge on any atom is -0.456 e. The molecule has 0 atom stereocenters. The second kappa shape index (κ2) is 5.78. The minimum atomic E-state index is 0.234. The quantitative estimate of drug-likeness (QED) is 0.832. The van der Waals surface area contributed by atoms with Gasteiger partial charge in [-0.25, -0.2) is 0 Å². The van der Waals surface area contributed by atoms with Gasteiger partial charge in [0.2, 0.25) is 0 Å². The zero-order chi connectivity index (χ0) is 14.0. The topological polar surface area (TPSA) is 35.2 Å². The van der Waals surface area contributed by atoms with E-state index in [4.69, 9.17) is 45.9 Å². The lowest BCUT2D eigenvalue weighted by Gasteiger charge is -2.12. The molecule has 19 heavy (non-hydrogen) atoms. The van der Waals surface area contributed by atoms with E-state index in [1.165, 1.54) is 0 Å². The second-order valence-corrected chi connectivity index (χ2v) is 5.33. The Hall–Kier alpha value is -1.29. The summed E-state index contributed by atoms with van der Waals surface area (Å²) in [5, 5.41) is 1.16. The number of hydrogen-bond donors (Lipinski definition) is 1. The third kappa shape index (κ3) is 3.38. The van der Waals surface area contributed by atoms with Crippen molar-refractivity contribution < 1.29 is 4.74 Å². The molecule has 0 spiro atoms. The van der Waals surface area contributed by atoms with Gasteiger partial charge in [0.1, 0.15) is 16.5 Å². The lowest BCUT2D eigenvalue weighted by Crippen LogP contribution is -2.10. The van der Waals surface area contributed by atoms with Gasteiger partial charge < -0.3 is 10.5 Å². The highest BCUT2D eigenvalue weighted by molar-refractivity contribution is 7.80. The van der Waals surface area contributed by atoms with Crippen LogP contribution in [0.4, 0.5) is 0 Å². The Morgan fingerprint density at radius 2 is 1.68 bits per heavy atom. The third-order valence-electron chi connectivity index (χ3n) is 2.58. The molecule has 0 aliphatic heterocycles. The molecule has 0 bridgehead atoms. The monoisotopic (exact) mass is 311 g/mol. The summed E-state index contributed by atoms with van der Waals surface area (Å²) in [7, 11) is 0. The summed E-state index contributed by atoms with van der Waals surface area (Å²) in [4.78, 5) is 0.234. The molecule has 2 N–H and O–H groups in total. The highest BCUT2D eigenvalue weighted by Crippen LogP contribution is 2.31. The van der Waals surface area contributed by atoms with Gasteiger partial charge in [0.15, 0.2) is 0 Å². The van der Waals surface area contributed by atoms with E-state index >= 15 is 0 Å². The summed E-state index contributed by atoms with van der Waals surface area (Å²) in [6, 6.07) is 10.6. The summed E-state index contributed by atoms with van der Waals surface area (Å²) >= 11 is 16.9. The highest BCUT2D eigenvalue weighted by atomic mass is 35.5. The number of halogens is 2. The maximum absolute atomic E-state index is 5.96. The van der Waals surface area contributed by atoms with Gasteiger partial charge in [-0.15, -0.1) is 0 Å². The van der Waals surface area contributed by atoms with Crippen molar-refractivity contribution in [2.75, 3.05) is 0 Å². The molecule has 98 valence electrons. The Morgan fingerprint density at radius 1 is 1.05 bits per heavy atom. The molecule has 2 rings (SSSR count). The number of benzene rings is 2. The minimum absolute atomic E-state index is 0.234. The summed E-state index contributed by atoms with van der Waals surface area (Å²) in [5.74, 6) is 1.22. The van der Waals surface area contributed by atoms with Crippen molar-refractivity contribution in [3.63, 3.8) is 0 Å². The van der Waals surface area contributed by atoms with Crippen molar-refractivity contribution in [1.82, 2.24) is 0 Å². The summed E-state index contributed by atoms with van der Waals surface area (Å²) in [6.45, 7) is 1.93. The van der Waals surface area contributed by atoms with E-state index in [9.17, 15) is 0 Å². The molecule has 0 amide bonds. The summed E-state index contributed by atoms with van der Waals surface area (Å²) < 4.78 is 5.83. The van der Waals surface area contributed by atoms with Crippen LogP contribution in [0, 0.1) is 6.92 Å². The molecule has 0 aromatic heterocycles. The van der Waals surface area contributed by atoms with Crippen LogP contribution in [0.15, 0.2) is 36.4 Å². The Labute approximate surface area is 127 Å². The number of thiocarbonyl (C=S) groups is 1. The first-order chi connectivity index (χ1) is 8.97. The Kier molecular flexibility index (Phi) is 4.30. The van der Waals surface area contributed by atoms with Gasteiger partial charge in [-0.1, -0.05) is 41.5 Å². The molecule has 2 nitrogen and oxygen atoms in total. The second-order valence-electron chi connectivity index (χ2n) is 4.02. The lowest BCUT2D eigenvalue weighted by molar-refractivity contribution is 0.478. The largest absolute Gasteiger partial charge is 0.456 e. The van der Waals surface area contributed by atoms with E-state index < -0.39 is 0 Å². The predicted molar refractivity (Wildman–Crippen MR) is 83.6 cm³/mol. The van der Waals surface area contributed by atoms with Crippen LogP contribution < -0.4 is 10.5 Å². The molecule has 5 heteroatoms. The molecule has 0 saturated heterocycles. The van der Waals surface area contributed by atoms with E-state index in [0.717, 1.165) is 5.56 Å². The first-order valence-corrected chi connectivity index (χ1v) is 6.67. The molecule has 0 unspecified atom stereocenters. The summed E-state index contributed by atoms with van der Waals surface area (Å²) in [5.41, 5.74) is 7.24. The molecule has 2 aromatic rings. The fraction of sp³-hybridized carbons (Fsp3) is 0.0714. The molecule has 0 radical (unpaired) electrons. The molecule has 0 fully saturated rings. The van der Waals surface area contributed by atoms with Crippen molar-refractivity contribution in [2.24, 2.45) is 5.73 Å². The zero-order valence-electron chi connectivity index (χ0n) is 10.1. The van der Waals surface area contributed by atoms with Crippen molar-refractivity contribution in [2.45, 2.75) is 6.92 Å². The fourth-order valence-electron chi connectivity index (χ4n) is 1.59. The van der Waals surface area contributed by atoms with Crippen molar-refractivity contribution >= 4 is 40.4 Å². The van der Waals surface area contributed by atoms with Crippen LogP contribution in [0.1, 0.15) is 11.1 Å². The van der Waals surface area contributed by atoms with Gasteiger partial charge >= 0.3 is 0 Å². The van der Waals surface area contributed by atoms with Gasteiger partial charge in [0.25, 0.3) is 0 Å². The van der Waals surface area contributed by atoms with E-state index in [2.05, 4.69) is 0 Å². The number of aryl methyl sites for hydroxylation is 1. The van der Waals surface area contributed by atoms with Crippen LogP contribution in [-0.2, 0) is 0 Å². The highest BCUT2D eigenvalue weighted by Gasteiger charge is 2.10. The Balaban J connectivity index is 2.43. The average Bonchev–Trinajstić information content (AvgIpc) is 2.35. The van der Waals surface area contributed by atoms with E-state index in [0.29, 0.717) is 27.1 Å². The van der Waals surface area contributed by atoms with Crippen molar-refractivity contribution in [1.29, 1.82) is 0 Å². The molecular weight excluding hydrogens is 301 g/mol. The first-order valence-electron chi connectivity index (χ1n) is 5.51. The SMILES string of the molecule is Cc1ccc(Cl)cc1Oc1ccc(Cl)cc1C(N)=S. The standard InChI is InChI=1S/C14H11Cl2NOS/c1-8-2-3-10(16)7-13(8)18-12-5-4-9(15)6-11(12)14(17)19/h2-7H,1H3,(H2,17,19). The van der Waals surface area contributed by atoms with E-state index in [1.54, 1.807) is 30.3 Å². The van der Waals surface area contributed by atoms with Crippen LogP contribution in [0.5, 0.6) is 11.5 Å². The van der Waals surface area contributed by atoms with Gasteiger partial charge in [-0.3, -0.25) is 0 Å². The van der Waals surface area contributed by atoms with Crippen LogP contribution in [0.2, 0.25) is 10.0 Å². The smallest absolute Gasteiger partial charge is 0.137 e. The first kappa shape index (κ1) is 14.1. The van der Waals surface area contributed by atoms with Crippen molar-refractivity contribution in [3.8, 4) is 11.5 Å². The lowest BCUT2D eigenvalue weighted by atomic mass is 10.2. The number of ether oxygens (including phenoxy) is 1. The molecule has 0 aliphatic carbocycles. The van der Waals surface area contributed by atoms with Crippen LogP contribution in [-0.4, -0.2) is 4.99 Å². The van der Waals surface area contributed by atoms with Gasteiger partial charge in [-0.05, 0) is 42.8 Å². The Bertz CT molecular complexity index is 643. The number of hydrogen-bond acceptors (Lipinski definition) is 2. The van der Waals surface area contributed by atoms with Gasteiger partial charge in [0.05, 0.1) is 5.56 Å².